The smallest absolute Gasteiger partial charge is 0.356 e. The maximum atomic E-state index is 10.9. The minimum atomic E-state index is -1.08. The molecule has 2 N–H and O–H groups in total. The number of hydrogen-bond donors (Lipinski definition) is 2. The summed E-state index contributed by atoms with van der Waals surface area (Å²) in [5.74, 6) is -0.900. The molecular formula is C13H14N2O3. The Balaban J connectivity index is 2.58. The monoisotopic (exact) mass is 246 g/mol. The summed E-state index contributed by atoms with van der Waals surface area (Å²) in [6.45, 7) is 1.95. The molecule has 2 aromatic rings. The molecule has 0 radical (unpaired) electrons. The quantitative estimate of drug-likeness (QED) is 0.869. The number of aromatic hydroxyl groups is 1. The number of hydrogen-bond acceptors (Lipinski definition) is 3. The predicted octanol–water partition coefficient (Wildman–Crippen LogP) is 2.05. The van der Waals surface area contributed by atoms with Crippen molar-refractivity contribution in [2.24, 2.45) is 7.05 Å². The summed E-state index contributed by atoms with van der Waals surface area (Å²) in [4.78, 5) is 10.9. The van der Waals surface area contributed by atoms with Gasteiger partial charge in [-0.1, -0.05) is 19.1 Å². The van der Waals surface area contributed by atoms with Crippen LogP contribution in [-0.2, 0) is 13.5 Å². The van der Waals surface area contributed by atoms with E-state index in [4.69, 9.17) is 5.11 Å². The number of carbonyl (C=O) groups is 1. The highest BCUT2D eigenvalue weighted by atomic mass is 16.4. The van der Waals surface area contributed by atoms with Gasteiger partial charge >= 0.3 is 5.97 Å². The second-order valence-corrected chi connectivity index (χ2v) is 4.01. The van der Waals surface area contributed by atoms with Crippen LogP contribution in [0.3, 0.4) is 0 Å². The van der Waals surface area contributed by atoms with Crippen LogP contribution in [0.4, 0.5) is 0 Å². The van der Waals surface area contributed by atoms with Crippen molar-refractivity contribution in [2.45, 2.75) is 13.3 Å². The minimum Gasteiger partial charge on any atom is -0.507 e. The van der Waals surface area contributed by atoms with E-state index in [2.05, 4.69) is 5.10 Å². The van der Waals surface area contributed by atoms with E-state index in [-0.39, 0.29) is 11.4 Å². The normalized spacial score (nSPS) is 10.6. The Morgan fingerprint density at radius 3 is 2.72 bits per heavy atom. The number of rotatable bonds is 3. The van der Waals surface area contributed by atoms with Gasteiger partial charge in [0.15, 0.2) is 5.69 Å². The zero-order valence-corrected chi connectivity index (χ0v) is 10.2. The number of benzene rings is 1. The number of aromatic nitrogens is 2. The largest absolute Gasteiger partial charge is 0.507 e. The van der Waals surface area contributed by atoms with Crippen LogP contribution in [0, 0.1) is 0 Å². The van der Waals surface area contributed by atoms with Gasteiger partial charge in [0.25, 0.3) is 0 Å². The van der Waals surface area contributed by atoms with Gasteiger partial charge in [0, 0.05) is 12.6 Å². The summed E-state index contributed by atoms with van der Waals surface area (Å²) >= 11 is 0. The van der Waals surface area contributed by atoms with Crippen LogP contribution in [-0.4, -0.2) is 26.0 Å². The summed E-state index contributed by atoms with van der Waals surface area (Å²) in [7, 11) is 1.65. The molecule has 0 aliphatic rings. The van der Waals surface area contributed by atoms with Crippen LogP contribution < -0.4 is 0 Å². The highest BCUT2D eigenvalue weighted by Crippen LogP contribution is 2.32. The van der Waals surface area contributed by atoms with Gasteiger partial charge in [-0.3, -0.25) is 4.68 Å². The van der Waals surface area contributed by atoms with Crippen LogP contribution in [0.15, 0.2) is 24.3 Å². The fraction of sp³-hybridized carbons (Fsp3) is 0.231. The van der Waals surface area contributed by atoms with E-state index in [1.165, 1.54) is 10.7 Å². The average Bonchev–Trinajstić information content (AvgIpc) is 2.72. The molecule has 1 aromatic carbocycles. The fourth-order valence-corrected chi connectivity index (χ4v) is 1.91. The number of phenols is 1. The van der Waals surface area contributed by atoms with Crippen molar-refractivity contribution in [3.05, 3.63) is 35.5 Å². The molecule has 94 valence electrons. The predicted molar refractivity (Wildman–Crippen MR) is 66.6 cm³/mol. The molecule has 18 heavy (non-hydrogen) atoms. The van der Waals surface area contributed by atoms with E-state index in [1.807, 2.05) is 19.1 Å². The molecular weight excluding hydrogens is 232 g/mol. The van der Waals surface area contributed by atoms with Gasteiger partial charge in [0.05, 0.1) is 5.69 Å². The first-order valence-electron chi connectivity index (χ1n) is 5.63. The van der Waals surface area contributed by atoms with Crippen molar-refractivity contribution in [3.8, 4) is 17.0 Å². The molecule has 0 unspecified atom stereocenters. The van der Waals surface area contributed by atoms with E-state index in [1.54, 1.807) is 13.1 Å². The number of para-hydroxylation sites is 1. The Morgan fingerprint density at radius 1 is 1.44 bits per heavy atom. The molecule has 5 heteroatoms. The third-order valence-corrected chi connectivity index (χ3v) is 2.88. The molecule has 0 aliphatic heterocycles. The van der Waals surface area contributed by atoms with E-state index < -0.39 is 5.97 Å². The first-order valence-corrected chi connectivity index (χ1v) is 5.63. The second-order valence-electron chi connectivity index (χ2n) is 4.01. The van der Waals surface area contributed by atoms with Crippen molar-refractivity contribution in [2.75, 3.05) is 0 Å². The zero-order chi connectivity index (χ0) is 13.3. The maximum Gasteiger partial charge on any atom is 0.356 e. The molecule has 0 spiro atoms. The van der Waals surface area contributed by atoms with Gasteiger partial charge in [-0.2, -0.15) is 5.10 Å². The molecule has 0 saturated carbocycles. The van der Waals surface area contributed by atoms with E-state index >= 15 is 0 Å². The Kier molecular flexibility index (Phi) is 3.06. The van der Waals surface area contributed by atoms with Gasteiger partial charge in [-0.05, 0) is 24.1 Å². The molecule has 1 aromatic heterocycles. The Bertz CT molecular complexity index is 602. The first-order chi connectivity index (χ1) is 8.54. The van der Waals surface area contributed by atoms with Crippen LogP contribution in [0.5, 0.6) is 5.75 Å². The van der Waals surface area contributed by atoms with E-state index in [9.17, 15) is 9.90 Å². The zero-order valence-electron chi connectivity index (χ0n) is 10.2. The number of carboxylic acids is 1. The molecule has 0 fully saturated rings. The average molecular weight is 246 g/mol. The van der Waals surface area contributed by atoms with Gasteiger partial charge < -0.3 is 10.2 Å². The first kappa shape index (κ1) is 12.2. The summed E-state index contributed by atoms with van der Waals surface area (Å²) in [6, 6.07) is 6.88. The lowest BCUT2D eigenvalue weighted by Crippen LogP contribution is -1.99. The molecule has 2 rings (SSSR count). The topological polar surface area (TPSA) is 75.3 Å². The molecule has 1 heterocycles. The lowest BCUT2D eigenvalue weighted by molar-refractivity contribution is 0.0689. The Labute approximate surface area is 104 Å². The summed E-state index contributed by atoms with van der Waals surface area (Å²) in [5, 5.41) is 22.9. The fourth-order valence-electron chi connectivity index (χ4n) is 1.91. The van der Waals surface area contributed by atoms with E-state index in [0.29, 0.717) is 17.7 Å². The summed E-state index contributed by atoms with van der Waals surface area (Å²) in [5.41, 5.74) is 1.97. The van der Waals surface area contributed by atoms with Crippen molar-refractivity contribution in [3.63, 3.8) is 0 Å². The van der Waals surface area contributed by atoms with Crippen LogP contribution in [0.1, 0.15) is 23.0 Å². The van der Waals surface area contributed by atoms with Gasteiger partial charge in [-0.25, -0.2) is 4.79 Å². The summed E-state index contributed by atoms with van der Waals surface area (Å²) in [6.07, 6.45) is 0.712. The highest BCUT2D eigenvalue weighted by Gasteiger charge is 2.16. The van der Waals surface area contributed by atoms with Gasteiger partial charge in [0.1, 0.15) is 5.75 Å². The van der Waals surface area contributed by atoms with Crippen LogP contribution in [0.25, 0.3) is 11.3 Å². The van der Waals surface area contributed by atoms with Crippen molar-refractivity contribution in [1.82, 2.24) is 9.78 Å². The van der Waals surface area contributed by atoms with Crippen LogP contribution >= 0.6 is 0 Å². The lowest BCUT2D eigenvalue weighted by atomic mass is 10.0. The third kappa shape index (κ3) is 1.95. The lowest BCUT2D eigenvalue weighted by Gasteiger charge is -2.08. The number of nitrogens with zero attached hydrogens (tertiary/aromatic N) is 2. The van der Waals surface area contributed by atoms with Crippen molar-refractivity contribution >= 4 is 5.97 Å². The van der Waals surface area contributed by atoms with Crippen molar-refractivity contribution in [1.29, 1.82) is 0 Å². The Hall–Kier alpha value is -2.30. The van der Waals surface area contributed by atoms with Crippen LogP contribution in [0.2, 0.25) is 0 Å². The molecule has 0 aliphatic carbocycles. The number of aromatic carboxylic acids is 1. The van der Waals surface area contributed by atoms with E-state index in [0.717, 1.165) is 5.56 Å². The third-order valence-electron chi connectivity index (χ3n) is 2.88. The molecule has 0 amide bonds. The van der Waals surface area contributed by atoms with Gasteiger partial charge in [0.2, 0.25) is 0 Å². The second kappa shape index (κ2) is 4.52. The summed E-state index contributed by atoms with van der Waals surface area (Å²) < 4.78 is 1.46. The number of carboxylic acid groups (broad SMARTS) is 1. The minimum absolute atomic E-state index is 0.0335. The van der Waals surface area contributed by atoms with Gasteiger partial charge in [-0.15, -0.1) is 0 Å². The Morgan fingerprint density at radius 2 is 2.17 bits per heavy atom. The van der Waals surface area contributed by atoms with Crippen molar-refractivity contribution < 1.29 is 15.0 Å². The maximum absolute atomic E-state index is 10.9. The molecule has 5 nitrogen and oxygen atoms in total. The molecule has 0 bridgehead atoms. The molecule has 0 saturated heterocycles. The highest BCUT2D eigenvalue weighted by molar-refractivity contribution is 5.87. The SMILES string of the molecule is CCc1cccc(-c2cc(C(=O)O)nn2C)c1O. The number of aryl methyl sites for hydroxylation is 2. The standard InChI is InChI=1S/C13H14N2O3/c1-3-8-5-4-6-9(12(8)16)11-7-10(13(17)18)14-15(11)2/h4-7,16H,3H2,1-2H3,(H,17,18). The molecule has 0 atom stereocenters. The number of phenolic OH excluding ortho intramolecular Hbond substituents is 1.